The highest BCUT2D eigenvalue weighted by atomic mass is 79.9. The lowest BCUT2D eigenvalue weighted by Gasteiger charge is -2.42. The second-order valence-corrected chi connectivity index (χ2v) is 9.86. The van der Waals surface area contributed by atoms with E-state index in [1.54, 1.807) is 16.4 Å². The van der Waals surface area contributed by atoms with Crippen LogP contribution in [0.2, 0.25) is 0 Å². The summed E-state index contributed by atoms with van der Waals surface area (Å²) < 4.78 is 41.1. The average Bonchev–Trinajstić information content (AvgIpc) is 3.10. The van der Waals surface area contributed by atoms with Crippen LogP contribution in [0.25, 0.3) is 0 Å². The van der Waals surface area contributed by atoms with E-state index in [9.17, 15) is 8.42 Å². The zero-order valence-corrected chi connectivity index (χ0v) is 17.5. The van der Waals surface area contributed by atoms with Gasteiger partial charge in [0.2, 0.25) is 10.0 Å². The van der Waals surface area contributed by atoms with E-state index in [1.807, 2.05) is 43.3 Å². The lowest BCUT2D eigenvalue weighted by molar-refractivity contribution is -0.189. The third-order valence-electron chi connectivity index (χ3n) is 5.26. The molecule has 0 aromatic heterocycles. The van der Waals surface area contributed by atoms with Crippen LogP contribution in [-0.4, -0.2) is 38.3 Å². The second-order valence-electron chi connectivity index (χ2n) is 7.06. The van der Waals surface area contributed by atoms with E-state index < -0.39 is 15.8 Å². The number of hydrogen-bond donors (Lipinski definition) is 0. The van der Waals surface area contributed by atoms with Crippen molar-refractivity contribution >= 4 is 26.0 Å². The van der Waals surface area contributed by atoms with E-state index in [0.29, 0.717) is 37.5 Å². The molecule has 0 radical (unpaired) electrons. The molecule has 2 heterocycles. The van der Waals surface area contributed by atoms with Crippen LogP contribution in [0, 0.1) is 6.92 Å². The van der Waals surface area contributed by atoms with Gasteiger partial charge in [-0.05, 0) is 36.8 Å². The van der Waals surface area contributed by atoms with Crippen LogP contribution in [0.3, 0.4) is 0 Å². The summed E-state index contributed by atoms with van der Waals surface area (Å²) in [6.45, 7) is 3.41. The summed E-state index contributed by atoms with van der Waals surface area (Å²) in [4.78, 5) is 0.319. The van der Waals surface area contributed by atoms with Crippen LogP contribution in [0.5, 0.6) is 0 Å². The Morgan fingerprint density at radius 3 is 2.30 bits per heavy atom. The molecule has 0 N–H and O–H groups in total. The van der Waals surface area contributed by atoms with E-state index >= 15 is 0 Å². The predicted octanol–water partition coefficient (Wildman–Crippen LogP) is 4.03. The Hall–Kier alpha value is -1.25. The molecule has 1 atom stereocenters. The monoisotopic (exact) mass is 451 g/mol. The minimum Gasteiger partial charge on any atom is -0.347 e. The van der Waals surface area contributed by atoms with Gasteiger partial charge in [-0.2, -0.15) is 4.31 Å². The summed E-state index contributed by atoms with van der Waals surface area (Å²) in [7, 11) is -3.62. The van der Waals surface area contributed by atoms with Crippen molar-refractivity contribution in [2.24, 2.45) is 0 Å². The smallest absolute Gasteiger partial charge is 0.243 e. The summed E-state index contributed by atoms with van der Waals surface area (Å²) in [5.74, 6) is -0.683. The highest BCUT2D eigenvalue weighted by molar-refractivity contribution is 9.10. The van der Waals surface area contributed by atoms with Crippen molar-refractivity contribution in [2.75, 3.05) is 19.8 Å². The Kier molecular flexibility index (Phi) is 5.16. The van der Waals surface area contributed by atoms with Crippen LogP contribution < -0.4 is 0 Å². The molecule has 144 valence electrons. The molecule has 7 heteroatoms. The third kappa shape index (κ3) is 3.71. The fourth-order valence-corrected chi connectivity index (χ4v) is 5.67. The number of benzene rings is 2. The second kappa shape index (κ2) is 7.29. The molecule has 2 aromatic rings. The van der Waals surface area contributed by atoms with Crippen LogP contribution >= 0.6 is 15.9 Å². The van der Waals surface area contributed by atoms with E-state index in [2.05, 4.69) is 15.9 Å². The molecule has 0 amide bonds. The van der Waals surface area contributed by atoms with E-state index in [1.165, 1.54) is 0 Å². The van der Waals surface area contributed by atoms with Gasteiger partial charge in [0.05, 0.1) is 24.2 Å². The fourth-order valence-electron chi connectivity index (χ4n) is 3.80. The summed E-state index contributed by atoms with van der Waals surface area (Å²) >= 11 is 3.45. The number of rotatable bonds is 3. The number of aryl methyl sites for hydroxylation is 1. The topological polar surface area (TPSA) is 55.8 Å². The number of halogens is 1. The molecular formula is C20H22BrNO4S. The van der Waals surface area contributed by atoms with Gasteiger partial charge in [-0.3, -0.25) is 0 Å². The molecule has 2 saturated heterocycles. The normalized spacial score (nSPS) is 23.0. The maximum absolute atomic E-state index is 13.4. The summed E-state index contributed by atoms with van der Waals surface area (Å²) in [5, 5.41) is 0. The van der Waals surface area contributed by atoms with E-state index in [0.717, 1.165) is 15.6 Å². The molecule has 0 bridgehead atoms. The molecule has 2 aliphatic rings. The SMILES string of the molecule is Cc1ccc(S(=O)(=O)N2CCC3(CC2c2ccc(Br)cc2)OCCO3)cc1. The molecule has 2 fully saturated rings. The van der Waals surface area contributed by atoms with Crippen LogP contribution in [0.15, 0.2) is 57.9 Å². The number of sulfonamides is 1. The van der Waals surface area contributed by atoms with Gasteiger partial charge in [-0.1, -0.05) is 45.8 Å². The van der Waals surface area contributed by atoms with Crippen LogP contribution in [-0.2, 0) is 19.5 Å². The zero-order valence-electron chi connectivity index (χ0n) is 15.1. The molecule has 0 saturated carbocycles. The molecule has 5 nitrogen and oxygen atoms in total. The first-order chi connectivity index (χ1) is 12.9. The van der Waals surface area contributed by atoms with Gasteiger partial charge in [0, 0.05) is 23.9 Å². The van der Waals surface area contributed by atoms with Crippen molar-refractivity contribution in [1.29, 1.82) is 0 Å². The molecule has 27 heavy (non-hydrogen) atoms. The lowest BCUT2D eigenvalue weighted by atomic mass is 9.93. The van der Waals surface area contributed by atoms with E-state index in [-0.39, 0.29) is 6.04 Å². The van der Waals surface area contributed by atoms with Gasteiger partial charge in [-0.25, -0.2) is 8.42 Å². The molecule has 4 rings (SSSR count). The van der Waals surface area contributed by atoms with Crippen molar-refractivity contribution < 1.29 is 17.9 Å². The lowest BCUT2D eigenvalue weighted by Crippen LogP contribution is -2.49. The van der Waals surface area contributed by atoms with Crippen LogP contribution in [0.1, 0.15) is 30.0 Å². The maximum atomic E-state index is 13.4. The summed E-state index contributed by atoms with van der Waals surface area (Å²) in [6, 6.07) is 14.5. The maximum Gasteiger partial charge on any atom is 0.243 e. The Morgan fingerprint density at radius 2 is 1.67 bits per heavy atom. The standard InChI is InChI=1S/C20H22BrNO4S/c1-15-2-8-18(9-3-15)27(23,24)22-11-10-20(25-12-13-26-20)14-19(22)16-4-6-17(21)7-5-16/h2-9,19H,10-14H2,1H3. The Labute approximate surface area is 168 Å². The first-order valence-corrected chi connectivity index (χ1v) is 11.2. The summed E-state index contributed by atoms with van der Waals surface area (Å²) in [5.41, 5.74) is 1.97. The number of piperidine rings is 1. The first-order valence-electron chi connectivity index (χ1n) is 9.02. The van der Waals surface area contributed by atoms with Crippen molar-refractivity contribution in [1.82, 2.24) is 4.31 Å². The van der Waals surface area contributed by atoms with Crippen LogP contribution in [0.4, 0.5) is 0 Å². The quantitative estimate of drug-likeness (QED) is 0.706. The highest BCUT2D eigenvalue weighted by Gasteiger charge is 2.48. The van der Waals surface area contributed by atoms with Gasteiger partial charge in [0.1, 0.15) is 0 Å². The molecule has 1 unspecified atom stereocenters. The van der Waals surface area contributed by atoms with Gasteiger partial charge >= 0.3 is 0 Å². The summed E-state index contributed by atoms with van der Waals surface area (Å²) in [6.07, 6.45) is 1.02. The number of hydrogen-bond acceptors (Lipinski definition) is 4. The largest absolute Gasteiger partial charge is 0.347 e. The van der Waals surface area contributed by atoms with E-state index in [4.69, 9.17) is 9.47 Å². The minimum absolute atomic E-state index is 0.319. The zero-order chi connectivity index (χ0) is 19.1. The van der Waals surface area contributed by atoms with Gasteiger partial charge in [-0.15, -0.1) is 0 Å². The van der Waals surface area contributed by atoms with Crippen molar-refractivity contribution in [3.8, 4) is 0 Å². The number of nitrogens with zero attached hydrogens (tertiary/aromatic N) is 1. The fraction of sp³-hybridized carbons (Fsp3) is 0.400. The Morgan fingerprint density at radius 1 is 1.04 bits per heavy atom. The Bertz CT molecular complexity index is 906. The molecular weight excluding hydrogens is 430 g/mol. The highest BCUT2D eigenvalue weighted by Crippen LogP contribution is 2.43. The number of ether oxygens (including phenoxy) is 2. The van der Waals surface area contributed by atoms with Crippen molar-refractivity contribution in [2.45, 2.75) is 36.5 Å². The van der Waals surface area contributed by atoms with Crippen molar-refractivity contribution in [3.63, 3.8) is 0 Å². The Balaban J connectivity index is 1.73. The third-order valence-corrected chi connectivity index (χ3v) is 7.71. The van der Waals surface area contributed by atoms with Crippen molar-refractivity contribution in [3.05, 3.63) is 64.1 Å². The molecule has 2 aromatic carbocycles. The van der Waals surface area contributed by atoms with Gasteiger partial charge in [0.15, 0.2) is 5.79 Å². The average molecular weight is 452 g/mol. The molecule has 2 aliphatic heterocycles. The predicted molar refractivity (Wildman–Crippen MR) is 106 cm³/mol. The molecule has 1 spiro atoms. The van der Waals surface area contributed by atoms with Gasteiger partial charge < -0.3 is 9.47 Å². The van der Waals surface area contributed by atoms with Gasteiger partial charge in [0.25, 0.3) is 0 Å². The first kappa shape index (κ1) is 19.1. The molecule has 0 aliphatic carbocycles. The minimum atomic E-state index is -3.62.